The van der Waals surface area contributed by atoms with Crippen LogP contribution in [0.5, 0.6) is 0 Å². The fraction of sp³-hybridized carbons (Fsp3) is 0.212. The number of fused-ring (bicyclic) bond motifs is 2. The summed E-state index contributed by atoms with van der Waals surface area (Å²) in [5, 5.41) is 2.85. The maximum atomic E-state index is 2.41. The van der Waals surface area contributed by atoms with E-state index in [1.807, 2.05) is 0 Å². The van der Waals surface area contributed by atoms with Gasteiger partial charge in [-0.25, -0.2) is 6.07 Å². The van der Waals surface area contributed by atoms with E-state index in [1.54, 1.807) is 11.1 Å². The zero-order valence-electron chi connectivity index (χ0n) is 20.2. The number of benzene rings is 3. The molecule has 0 spiro atoms. The molecule has 0 nitrogen and oxygen atoms in total. The molecule has 0 aliphatic heterocycles. The predicted molar refractivity (Wildman–Crippen MR) is 142 cm³/mol. The second-order valence-corrected chi connectivity index (χ2v) is 9.45. The van der Waals surface area contributed by atoms with Crippen LogP contribution in [0, 0.1) is 6.92 Å². The predicted octanol–water partition coefficient (Wildman–Crippen LogP) is 8.77. The minimum Gasteiger partial charge on any atom is -0.211 e. The largest absolute Gasteiger partial charge is 4.00 e. The first-order valence-corrected chi connectivity index (χ1v) is 12.2. The molecule has 0 bridgehead atoms. The fourth-order valence-corrected chi connectivity index (χ4v) is 5.31. The van der Waals surface area contributed by atoms with Crippen molar-refractivity contribution < 1.29 is 26.2 Å². The number of aryl methyl sites for hydroxylation is 2. The first-order chi connectivity index (χ1) is 16.2. The standard InChI is InChI=1S/C19H17.C14H15.Zr/c1-13-10-16-12-15-8-5-9-17(15)19(18(16)11-13)14-6-3-2-4-7-14;1-12(11-13-7-5-6-8-13)14-9-3-2-4-10-14;/h2-4,6-7,10-12H,5,8-9H2,1H3;2-10,12H,11H2,1H3;/q2*-1;+4. The third kappa shape index (κ3) is 5.42. The normalized spacial score (nSPS) is 13.0. The summed E-state index contributed by atoms with van der Waals surface area (Å²) in [6.45, 7) is 4.47. The van der Waals surface area contributed by atoms with Crippen molar-refractivity contribution in [2.75, 3.05) is 0 Å². The average molecular weight is 520 g/mol. The van der Waals surface area contributed by atoms with E-state index in [0.717, 1.165) is 6.42 Å². The molecule has 0 saturated carbocycles. The minimum absolute atomic E-state index is 0. The second kappa shape index (κ2) is 11.3. The van der Waals surface area contributed by atoms with Crippen molar-refractivity contribution >= 4 is 10.8 Å². The minimum atomic E-state index is 0. The van der Waals surface area contributed by atoms with Gasteiger partial charge >= 0.3 is 26.2 Å². The van der Waals surface area contributed by atoms with Crippen molar-refractivity contribution in [1.82, 2.24) is 0 Å². The molecule has 0 aromatic heterocycles. The summed E-state index contributed by atoms with van der Waals surface area (Å²) in [5.74, 6) is 0.610. The van der Waals surface area contributed by atoms with Crippen LogP contribution in [-0.4, -0.2) is 0 Å². The van der Waals surface area contributed by atoms with Crippen molar-refractivity contribution in [3.05, 3.63) is 131 Å². The van der Waals surface area contributed by atoms with Crippen molar-refractivity contribution in [2.45, 2.75) is 45.4 Å². The van der Waals surface area contributed by atoms with E-state index in [4.69, 9.17) is 0 Å². The van der Waals surface area contributed by atoms with Crippen LogP contribution in [-0.2, 0) is 45.5 Å². The van der Waals surface area contributed by atoms with Crippen LogP contribution in [0.3, 0.4) is 0 Å². The van der Waals surface area contributed by atoms with Crippen LogP contribution in [0.1, 0.15) is 47.1 Å². The van der Waals surface area contributed by atoms with Gasteiger partial charge in [0.1, 0.15) is 0 Å². The molecule has 1 heteroatoms. The summed E-state index contributed by atoms with van der Waals surface area (Å²) < 4.78 is 0. The Labute approximate surface area is 223 Å². The van der Waals surface area contributed by atoms with Gasteiger partial charge in [-0.1, -0.05) is 97.6 Å². The quantitative estimate of drug-likeness (QED) is 0.208. The van der Waals surface area contributed by atoms with E-state index in [0.29, 0.717) is 5.92 Å². The van der Waals surface area contributed by atoms with Crippen molar-refractivity contribution in [2.24, 2.45) is 0 Å². The molecule has 1 aliphatic carbocycles. The molecule has 1 aliphatic rings. The average Bonchev–Trinajstić information content (AvgIpc) is 3.60. The molecule has 1 atom stereocenters. The first kappa shape index (κ1) is 24.6. The van der Waals surface area contributed by atoms with Gasteiger partial charge in [-0.05, 0) is 36.3 Å². The summed E-state index contributed by atoms with van der Waals surface area (Å²) in [4.78, 5) is 0. The molecule has 34 heavy (non-hydrogen) atoms. The van der Waals surface area contributed by atoms with Gasteiger partial charge in [-0.2, -0.15) is 29.8 Å². The van der Waals surface area contributed by atoms with Gasteiger partial charge in [0.25, 0.3) is 0 Å². The van der Waals surface area contributed by atoms with Crippen LogP contribution < -0.4 is 0 Å². The van der Waals surface area contributed by atoms with Crippen LogP contribution in [0.2, 0.25) is 0 Å². The van der Waals surface area contributed by atoms with Crippen LogP contribution in [0.25, 0.3) is 21.9 Å². The molecule has 6 rings (SSSR count). The molecule has 0 radical (unpaired) electrons. The SMILES string of the molecule is CC(Cc1cc[cH-]c1)c1ccccc1.Cc1cc2c(-c3ccccc3)c3c(cc2[cH-]1)CCC3.[Zr+4]. The molecule has 0 N–H and O–H groups in total. The number of hydrogen-bond acceptors (Lipinski definition) is 0. The Morgan fingerprint density at radius 2 is 1.62 bits per heavy atom. The van der Waals surface area contributed by atoms with E-state index in [-0.39, 0.29) is 26.2 Å². The Morgan fingerprint density at radius 3 is 2.32 bits per heavy atom. The molecule has 0 heterocycles. The van der Waals surface area contributed by atoms with Crippen molar-refractivity contribution in [3.8, 4) is 11.1 Å². The van der Waals surface area contributed by atoms with Gasteiger partial charge in [-0.3, -0.25) is 0 Å². The second-order valence-electron chi connectivity index (χ2n) is 9.45. The van der Waals surface area contributed by atoms with Crippen LogP contribution >= 0.6 is 0 Å². The van der Waals surface area contributed by atoms with Gasteiger partial charge in [0, 0.05) is 0 Å². The van der Waals surface area contributed by atoms with Crippen molar-refractivity contribution in [1.29, 1.82) is 0 Å². The van der Waals surface area contributed by atoms with Crippen LogP contribution in [0.15, 0.2) is 103 Å². The van der Waals surface area contributed by atoms with Gasteiger partial charge in [0.15, 0.2) is 0 Å². The molecular weight excluding hydrogens is 488 g/mol. The van der Waals surface area contributed by atoms with Gasteiger partial charge < -0.3 is 0 Å². The number of hydrogen-bond donors (Lipinski definition) is 0. The summed E-state index contributed by atoms with van der Waals surface area (Å²) in [6, 6.07) is 37.2. The third-order valence-corrected chi connectivity index (χ3v) is 6.93. The maximum Gasteiger partial charge on any atom is 4.00 e. The zero-order chi connectivity index (χ0) is 22.6. The monoisotopic (exact) mass is 518 g/mol. The van der Waals surface area contributed by atoms with E-state index >= 15 is 0 Å². The molecule has 5 aromatic carbocycles. The molecule has 1 unspecified atom stereocenters. The topological polar surface area (TPSA) is 0 Å². The Balaban J connectivity index is 0.000000164. The summed E-state index contributed by atoms with van der Waals surface area (Å²) in [7, 11) is 0. The Hall–Kier alpha value is -2.50. The van der Waals surface area contributed by atoms with E-state index in [9.17, 15) is 0 Å². The molecule has 0 saturated heterocycles. The van der Waals surface area contributed by atoms with Gasteiger partial charge in [-0.15, -0.1) is 28.5 Å². The maximum absolute atomic E-state index is 2.41. The molecule has 166 valence electrons. The molecule has 0 amide bonds. The van der Waals surface area contributed by atoms with Gasteiger partial charge in [0.2, 0.25) is 0 Å². The summed E-state index contributed by atoms with van der Waals surface area (Å²) >= 11 is 0. The van der Waals surface area contributed by atoms with Crippen molar-refractivity contribution in [3.63, 3.8) is 0 Å². The van der Waals surface area contributed by atoms with E-state index < -0.39 is 0 Å². The smallest absolute Gasteiger partial charge is 0.211 e. The van der Waals surface area contributed by atoms with Gasteiger partial charge in [0.05, 0.1) is 0 Å². The van der Waals surface area contributed by atoms with Crippen LogP contribution in [0.4, 0.5) is 0 Å². The molecular formula is C33H32Zr+2. The summed E-state index contributed by atoms with van der Waals surface area (Å²) in [5.41, 5.74) is 10.2. The molecule has 0 fully saturated rings. The Bertz CT molecular complexity index is 1310. The fourth-order valence-electron chi connectivity index (χ4n) is 5.31. The zero-order valence-corrected chi connectivity index (χ0v) is 22.7. The summed E-state index contributed by atoms with van der Waals surface area (Å²) in [6.07, 6.45) is 4.92. The Kier molecular flexibility index (Phi) is 8.17. The Morgan fingerprint density at radius 1 is 0.882 bits per heavy atom. The third-order valence-electron chi connectivity index (χ3n) is 6.93. The van der Waals surface area contributed by atoms with E-state index in [2.05, 4.69) is 117 Å². The number of rotatable bonds is 4. The first-order valence-electron chi connectivity index (χ1n) is 12.2. The van der Waals surface area contributed by atoms with E-state index in [1.165, 1.54) is 57.9 Å². The molecule has 5 aromatic rings.